The van der Waals surface area contributed by atoms with E-state index in [2.05, 4.69) is 31.9 Å². The third-order valence-corrected chi connectivity index (χ3v) is 12.3. The minimum absolute atomic E-state index is 0. The Morgan fingerprint density at radius 2 is 1.05 bits per heavy atom. The van der Waals surface area contributed by atoms with Crippen LogP contribution in [0.25, 0.3) is 0 Å². The molecule has 1 aromatic carbocycles. The third-order valence-electron chi connectivity index (χ3n) is 12.3. The van der Waals surface area contributed by atoms with E-state index >= 15 is 0 Å². The number of carbonyl (C=O) groups is 2. The van der Waals surface area contributed by atoms with E-state index in [4.69, 9.17) is 23.7 Å². The summed E-state index contributed by atoms with van der Waals surface area (Å²) in [5, 5.41) is 9.42. The summed E-state index contributed by atoms with van der Waals surface area (Å²) in [5.74, 6) is 1.27. The van der Waals surface area contributed by atoms with Gasteiger partial charge in [0.1, 0.15) is 23.4 Å². The van der Waals surface area contributed by atoms with Crippen molar-refractivity contribution in [2.75, 3.05) is 36.0 Å². The Hall–Kier alpha value is -4.82. The molecule has 2 aliphatic carbocycles. The molecule has 4 atom stereocenters. The summed E-state index contributed by atoms with van der Waals surface area (Å²) in [5.41, 5.74) is 2.47. The van der Waals surface area contributed by atoms with Gasteiger partial charge in [-0.05, 0) is 84.9 Å². The Labute approximate surface area is 367 Å². The van der Waals surface area contributed by atoms with Crippen LogP contribution >= 0.6 is 0 Å². The summed E-state index contributed by atoms with van der Waals surface area (Å²) in [6, 6.07) is 19.5. The summed E-state index contributed by atoms with van der Waals surface area (Å²) in [6.07, 6.45) is 10.8. The highest BCUT2D eigenvalue weighted by Crippen LogP contribution is 2.39. The van der Waals surface area contributed by atoms with Gasteiger partial charge in [0, 0.05) is 112 Å². The van der Waals surface area contributed by atoms with E-state index < -0.39 is 11.2 Å². The van der Waals surface area contributed by atoms with Crippen LogP contribution in [-0.2, 0) is 20.8 Å². The maximum absolute atomic E-state index is 12.6. The monoisotopic (exact) mass is 857 g/mol. The number of hydrogen-bond acceptors (Lipinski definition) is 12. The van der Waals surface area contributed by atoms with Crippen LogP contribution < -0.4 is 19.3 Å². The number of anilines is 2. The van der Waals surface area contributed by atoms with Crippen LogP contribution in [-0.4, -0.2) is 123 Å². The van der Waals surface area contributed by atoms with Gasteiger partial charge in [-0.1, -0.05) is 37.8 Å². The number of aliphatic hydroxyl groups is 1. The molecule has 14 heteroatoms. The number of piperazine rings is 2. The lowest BCUT2D eigenvalue weighted by atomic mass is 9.92. The molecule has 2 saturated carbocycles. The standard InChI is InChI=1S/C27H35N3O4.C20H29N3O4.CH4/c1-27(2,3)34-26(31)29-16-21-9-10-22(17-29)30(21)20-11-12-28-25(13-20)33-24-14-23(15-24)32-18-19-7-5-4-6-8-19;1-20(2,3)27-19(25)22-11-14-4-5-15(12-22)23(14)13-6-7-21-18(8-13)26-17-9-16(24)10-17;/h4-8,11-13,21-24H,9-10,14-18H2,1-3H3;6-8,14-17,24H,4-5,9-12H2,1-3H3;1H4. The molecule has 0 radical (unpaired) electrons. The second-order valence-corrected chi connectivity index (χ2v) is 19.6. The molecule has 2 amide bonds. The molecule has 4 unspecified atom stereocenters. The van der Waals surface area contributed by atoms with Crippen molar-refractivity contribution in [3.05, 3.63) is 72.6 Å². The number of hydrogen-bond donors (Lipinski definition) is 1. The molecule has 9 rings (SSSR count). The number of likely N-dealkylation sites (tertiary alicyclic amines) is 2. The number of rotatable bonds is 9. The first-order chi connectivity index (χ1) is 29.1. The predicted molar refractivity (Wildman–Crippen MR) is 238 cm³/mol. The highest BCUT2D eigenvalue weighted by atomic mass is 16.6. The first kappa shape index (κ1) is 45.2. The van der Waals surface area contributed by atoms with Crippen LogP contribution in [0.3, 0.4) is 0 Å². The minimum atomic E-state index is -0.474. The number of fused-ring (bicyclic) bond motifs is 4. The van der Waals surface area contributed by atoms with E-state index in [1.165, 1.54) is 5.56 Å². The molecule has 0 spiro atoms. The fraction of sp³-hybridized carbons (Fsp3) is 0.625. The molecule has 4 aliphatic heterocycles. The van der Waals surface area contributed by atoms with E-state index in [1.807, 2.05) is 100 Å². The summed E-state index contributed by atoms with van der Waals surface area (Å²) >= 11 is 0. The van der Waals surface area contributed by atoms with Gasteiger partial charge in [-0.25, -0.2) is 19.6 Å². The number of nitrogens with zero attached hydrogens (tertiary/aromatic N) is 6. The normalized spacial score (nSPS) is 27.5. The van der Waals surface area contributed by atoms with Crippen LogP contribution in [0.1, 0.15) is 106 Å². The summed E-state index contributed by atoms with van der Waals surface area (Å²) in [7, 11) is 0. The third kappa shape index (κ3) is 11.2. The molecule has 6 heterocycles. The SMILES string of the molecule is C.CC(C)(C)OC(=O)N1CC2CCC(C1)N2c1ccnc(OC2CC(O)C2)c1.CC(C)(C)OC(=O)N1CC2CCC(C1)N2c1ccnc(OC2CC(OCc3ccccc3)C2)c1. The van der Waals surface area contributed by atoms with Crippen LogP contribution in [0.2, 0.25) is 0 Å². The lowest BCUT2D eigenvalue weighted by molar-refractivity contribution is -0.0695. The van der Waals surface area contributed by atoms with E-state index in [9.17, 15) is 14.7 Å². The molecule has 6 aliphatic rings. The van der Waals surface area contributed by atoms with Gasteiger partial charge in [-0.15, -0.1) is 0 Å². The van der Waals surface area contributed by atoms with Crippen molar-refractivity contribution in [2.24, 2.45) is 0 Å². The maximum Gasteiger partial charge on any atom is 0.410 e. The number of benzene rings is 1. The topological polar surface area (TPSA) is 139 Å². The molecular weight excluding hydrogens is 789 g/mol. The molecule has 4 bridgehead atoms. The van der Waals surface area contributed by atoms with Gasteiger partial charge >= 0.3 is 12.2 Å². The summed E-state index contributed by atoms with van der Waals surface area (Å²) < 4.78 is 29.2. The van der Waals surface area contributed by atoms with Gasteiger partial charge in [-0.3, -0.25) is 0 Å². The van der Waals surface area contributed by atoms with Gasteiger partial charge in [0.25, 0.3) is 0 Å². The van der Waals surface area contributed by atoms with E-state index in [1.54, 1.807) is 6.20 Å². The summed E-state index contributed by atoms with van der Waals surface area (Å²) in [4.78, 5) is 42.4. The first-order valence-corrected chi connectivity index (χ1v) is 22.2. The molecule has 3 aromatic rings. The highest BCUT2D eigenvalue weighted by molar-refractivity contribution is 5.70. The Morgan fingerprint density at radius 3 is 1.45 bits per heavy atom. The van der Waals surface area contributed by atoms with Gasteiger partial charge < -0.3 is 48.4 Å². The Balaban J connectivity index is 0.000000188. The highest BCUT2D eigenvalue weighted by Gasteiger charge is 2.44. The largest absolute Gasteiger partial charge is 0.474 e. The summed E-state index contributed by atoms with van der Waals surface area (Å²) in [6.45, 7) is 14.8. The fourth-order valence-corrected chi connectivity index (χ4v) is 9.36. The number of ether oxygens (including phenoxy) is 5. The maximum atomic E-state index is 12.6. The van der Waals surface area contributed by atoms with Gasteiger partial charge in [0.05, 0.1) is 18.8 Å². The minimum Gasteiger partial charge on any atom is -0.474 e. The smallest absolute Gasteiger partial charge is 0.410 e. The van der Waals surface area contributed by atoms with Crippen molar-refractivity contribution < 1.29 is 38.4 Å². The van der Waals surface area contributed by atoms with Gasteiger partial charge in [-0.2, -0.15) is 0 Å². The van der Waals surface area contributed by atoms with Crippen molar-refractivity contribution in [3.63, 3.8) is 0 Å². The molecule has 6 fully saturated rings. The van der Waals surface area contributed by atoms with Crippen LogP contribution in [0.5, 0.6) is 11.8 Å². The Kier molecular flexibility index (Phi) is 13.8. The van der Waals surface area contributed by atoms with E-state index in [-0.39, 0.29) is 56.1 Å². The molecular formula is C48H68N6O8. The molecule has 14 nitrogen and oxygen atoms in total. The zero-order chi connectivity index (χ0) is 42.9. The van der Waals surface area contributed by atoms with Crippen molar-refractivity contribution >= 4 is 23.6 Å². The first-order valence-electron chi connectivity index (χ1n) is 22.2. The number of amides is 2. The van der Waals surface area contributed by atoms with Crippen LogP contribution in [0.15, 0.2) is 67.0 Å². The number of pyridine rings is 2. The van der Waals surface area contributed by atoms with Crippen LogP contribution in [0.4, 0.5) is 21.0 Å². The molecule has 2 aromatic heterocycles. The second-order valence-electron chi connectivity index (χ2n) is 19.6. The number of aromatic nitrogens is 2. The van der Waals surface area contributed by atoms with Crippen molar-refractivity contribution in [1.29, 1.82) is 0 Å². The van der Waals surface area contributed by atoms with Crippen LogP contribution in [0, 0.1) is 0 Å². The zero-order valence-electron chi connectivity index (χ0n) is 36.7. The molecule has 4 saturated heterocycles. The fourth-order valence-electron chi connectivity index (χ4n) is 9.36. The average molecular weight is 857 g/mol. The second kappa shape index (κ2) is 18.9. The predicted octanol–water partition coefficient (Wildman–Crippen LogP) is 8.00. The van der Waals surface area contributed by atoms with E-state index in [0.717, 1.165) is 49.9 Å². The van der Waals surface area contributed by atoms with Crippen molar-refractivity contribution in [3.8, 4) is 11.8 Å². The van der Waals surface area contributed by atoms with Crippen molar-refractivity contribution in [1.82, 2.24) is 19.8 Å². The molecule has 1 N–H and O–H groups in total. The average Bonchev–Trinajstić information content (AvgIpc) is 3.60. The van der Waals surface area contributed by atoms with Crippen molar-refractivity contribution in [2.45, 2.75) is 167 Å². The quantitative estimate of drug-likeness (QED) is 0.223. The van der Waals surface area contributed by atoms with E-state index in [0.29, 0.717) is 69.5 Å². The Bertz CT molecular complexity index is 1930. The molecule has 338 valence electrons. The lowest BCUT2D eigenvalue weighted by Crippen LogP contribution is -2.56. The molecule has 62 heavy (non-hydrogen) atoms. The number of carbonyl (C=O) groups excluding carboxylic acids is 2. The zero-order valence-corrected chi connectivity index (χ0v) is 36.7. The van der Waals surface area contributed by atoms with Gasteiger partial charge in [0.2, 0.25) is 11.8 Å². The van der Waals surface area contributed by atoms with Gasteiger partial charge in [0.15, 0.2) is 0 Å². The number of aliphatic hydroxyl groups excluding tert-OH is 1. The Morgan fingerprint density at radius 1 is 0.629 bits per heavy atom. The lowest BCUT2D eigenvalue weighted by Gasteiger charge is -2.42.